The number of benzene rings is 1. The summed E-state index contributed by atoms with van der Waals surface area (Å²) in [6.45, 7) is 2.31. The molecule has 1 aliphatic rings. The monoisotopic (exact) mass is 267 g/mol. The highest BCUT2D eigenvalue weighted by molar-refractivity contribution is 7.99. The maximum Gasteiger partial charge on any atom is 0.0341 e. The fourth-order valence-corrected chi connectivity index (χ4v) is 3.95. The van der Waals surface area contributed by atoms with Crippen LogP contribution in [0.2, 0.25) is 0 Å². The average molecular weight is 267 g/mol. The van der Waals surface area contributed by atoms with Gasteiger partial charge in [-0.05, 0) is 49.2 Å². The van der Waals surface area contributed by atoms with E-state index in [0.717, 1.165) is 0 Å². The Kier molecular flexibility index (Phi) is 5.26. The second-order valence-electron chi connectivity index (χ2n) is 4.58. The maximum atomic E-state index is 3.78. The van der Waals surface area contributed by atoms with Gasteiger partial charge in [0.15, 0.2) is 0 Å². The molecule has 1 aliphatic heterocycles. The highest BCUT2D eigenvalue weighted by Gasteiger charge is 2.21. The van der Waals surface area contributed by atoms with E-state index in [-0.39, 0.29) is 0 Å². The van der Waals surface area contributed by atoms with Gasteiger partial charge in [-0.25, -0.2) is 0 Å². The SMILES string of the molecule is CSCCC(C)NC1CCSc2ccccc21. The van der Waals surface area contributed by atoms with Crippen molar-refractivity contribution in [2.75, 3.05) is 17.8 Å². The van der Waals surface area contributed by atoms with Gasteiger partial charge in [-0.3, -0.25) is 0 Å². The van der Waals surface area contributed by atoms with E-state index in [0.29, 0.717) is 12.1 Å². The zero-order chi connectivity index (χ0) is 12.1. The largest absolute Gasteiger partial charge is 0.307 e. The quantitative estimate of drug-likeness (QED) is 0.867. The van der Waals surface area contributed by atoms with E-state index in [1.807, 2.05) is 23.5 Å². The molecule has 1 heterocycles. The number of hydrogen-bond acceptors (Lipinski definition) is 3. The van der Waals surface area contributed by atoms with Gasteiger partial charge in [0.05, 0.1) is 0 Å². The summed E-state index contributed by atoms with van der Waals surface area (Å²) < 4.78 is 0. The fourth-order valence-electron chi connectivity index (χ4n) is 2.24. The Hall–Kier alpha value is -0.120. The molecule has 1 nitrogen and oxygen atoms in total. The van der Waals surface area contributed by atoms with Gasteiger partial charge in [0, 0.05) is 17.0 Å². The van der Waals surface area contributed by atoms with Gasteiger partial charge in [0.1, 0.15) is 0 Å². The minimum Gasteiger partial charge on any atom is -0.307 e. The van der Waals surface area contributed by atoms with E-state index in [9.17, 15) is 0 Å². The molecule has 1 aromatic carbocycles. The molecule has 17 heavy (non-hydrogen) atoms. The van der Waals surface area contributed by atoms with Crippen LogP contribution in [0, 0.1) is 0 Å². The third-order valence-electron chi connectivity index (χ3n) is 3.20. The molecule has 0 radical (unpaired) electrons. The first-order chi connectivity index (χ1) is 8.31. The van der Waals surface area contributed by atoms with Crippen LogP contribution in [-0.4, -0.2) is 23.8 Å². The van der Waals surface area contributed by atoms with Crippen molar-refractivity contribution in [2.24, 2.45) is 0 Å². The van der Waals surface area contributed by atoms with E-state index < -0.39 is 0 Å². The van der Waals surface area contributed by atoms with Gasteiger partial charge in [-0.15, -0.1) is 11.8 Å². The van der Waals surface area contributed by atoms with Crippen molar-refractivity contribution in [2.45, 2.75) is 36.7 Å². The predicted octanol–water partition coefficient (Wildman–Crippen LogP) is 3.95. The average Bonchev–Trinajstić information content (AvgIpc) is 2.37. The normalized spacial score (nSPS) is 20.9. The first-order valence-corrected chi connectivity index (χ1v) is 8.66. The lowest BCUT2D eigenvalue weighted by atomic mass is 10.0. The van der Waals surface area contributed by atoms with Crippen LogP contribution in [0.3, 0.4) is 0 Å². The number of fused-ring (bicyclic) bond motifs is 1. The molecule has 0 saturated carbocycles. The van der Waals surface area contributed by atoms with Crippen LogP contribution in [0.5, 0.6) is 0 Å². The first-order valence-electron chi connectivity index (χ1n) is 6.28. The molecule has 2 atom stereocenters. The Labute approximate surface area is 113 Å². The summed E-state index contributed by atoms with van der Waals surface area (Å²) in [7, 11) is 0. The van der Waals surface area contributed by atoms with E-state index in [2.05, 4.69) is 42.8 Å². The summed E-state index contributed by atoms with van der Waals surface area (Å²) >= 11 is 3.93. The molecular formula is C14H21NS2. The molecule has 0 aromatic heterocycles. The van der Waals surface area contributed by atoms with Crippen molar-refractivity contribution in [3.8, 4) is 0 Å². The Balaban J connectivity index is 1.98. The molecule has 0 saturated heterocycles. The maximum absolute atomic E-state index is 3.78. The molecule has 0 fully saturated rings. The zero-order valence-electron chi connectivity index (χ0n) is 10.6. The van der Waals surface area contributed by atoms with Crippen LogP contribution in [0.25, 0.3) is 0 Å². The fraction of sp³-hybridized carbons (Fsp3) is 0.571. The van der Waals surface area contributed by atoms with E-state index >= 15 is 0 Å². The van der Waals surface area contributed by atoms with Crippen LogP contribution in [-0.2, 0) is 0 Å². The summed E-state index contributed by atoms with van der Waals surface area (Å²) in [6.07, 6.45) is 4.69. The molecule has 2 rings (SSSR count). The smallest absolute Gasteiger partial charge is 0.0341 e. The Morgan fingerprint density at radius 2 is 2.29 bits per heavy atom. The minimum atomic E-state index is 0.560. The molecule has 0 bridgehead atoms. The molecule has 0 spiro atoms. The molecule has 3 heteroatoms. The van der Waals surface area contributed by atoms with E-state index in [1.165, 1.54) is 34.8 Å². The van der Waals surface area contributed by atoms with E-state index in [4.69, 9.17) is 0 Å². The lowest BCUT2D eigenvalue weighted by molar-refractivity contribution is 0.434. The van der Waals surface area contributed by atoms with Gasteiger partial charge in [0.25, 0.3) is 0 Å². The van der Waals surface area contributed by atoms with Crippen LogP contribution < -0.4 is 5.32 Å². The summed E-state index contributed by atoms with van der Waals surface area (Å²) in [4.78, 5) is 1.47. The topological polar surface area (TPSA) is 12.0 Å². The Morgan fingerprint density at radius 1 is 1.47 bits per heavy atom. The van der Waals surface area contributed by atoms with Crippen molar-refractivity contribution in [3.05, 3.63) is 29.8 Å². The Bertz CT molecular complexity index is 354. The molecule has 1 aromatic rings. The molecule has 2 unspecified atom stereocenters. The van der Waals surface area contributed by atoms with Crippen molar-refractivity contribution in [3.63, 3.8) is 0 Å². The summed E-state index contributed by atoms with van der Waals surface area (Å²) in [5.74, 6) is 2.49. The van der Waals surface area contributed by atoms with Gasteiger partial charge < -0.3 is 5.32 Å². The third-order valence-corrected chi connectivity index (χ3v) is 4.97. The van der Waals surface area contributed by atoms with Gasteiger partial charge in [-0.2, -0.15) is 11.8 Å². The highest BCUT2D eigenvalue weighted by Crippen LogP contribution is 2.36. The van der Waals surface area contributed by atoms with Gasteiger partial charge in [-0.1, -0.05) is 18.2 Å². The molecule has 0 aliphatic carbocycles. The summed E-state index contributed by atoms with van der Waals surface area (Å²) in [6, 6.07) is 10.0. The Morgan fingerprint density at radius 3 is 3.12 bits per heavy atom. The number of nitrogens with one attached hydrogen (secondary N) is 1. The second kappa shape index (κ2) is 6.72. The lowest BCUT2D eigenvalue weighted by Gasteiger charge is -2.28. The molecular weight excluding hydrogens is 246 g/mol. The number of hydrogen-bond donors (Lipinski definition) is 1. The van der Waals surface area contributed by atoms with Crippen molar-refractivity contribution in [1.82, 2.24) is 5.32 Å². The summed E-state index contributed by atoms with van der Waals surface area (Å²) in [5, 5.41) is 3.78. The van der Waals surface area contributed by atoms with E-state index in [1.54, 1.807) is 0 Å². The number of rotatable bonds is 5. The predicted molar refractivity (Wildman–Crippen MR) is 80.1 cm³/mol. The number of thioether (sulfide) groups is 2. The highest BCUT2D eigenvalue weighted by atomic mass is 32.2. The van der Waals surface area contributed by atoms with Crippen LogP contribution >= 0.6 is 23.5 Å². The van der Waals surface area contributed by atoms with Gasteiger partial charge in [0.2, 0.25) is 0 Å². The second-order valence-corrected chi connectivity index (χ2v) is 6.70. The third kappa shape index (κ3) is 3.67. The first kappa shape index (κ1) is 13.3. The van der Waals surface area contributed by atoms with Crippen LogP contribution in [0.15, 0.2) is 29.2 Å². The van der Waals surface area contributed by atoms with Gasteiger partial charge >= 0.3 is 0 Å². The van der Waals surface area contributed by atoms with Crippen molar-refractivity contribution < 1.29 is 0 Å². The molecule has 94 valence electrons. The van der Waals surface area contributed by atoms with Crippen molar-refractivity contribution in [1.29, 1.82) is 0 Å². The van der Waals surface area contributed by atoms with Crippen LogP contribution in [0.4, 0.5) is 0 Å². The van der Waals surface area contributed by atoms with Crippen LogP contribution in [0.1, 0.15) is 31.4 Å². The molecule has 0 amide bonds. The zero-order valence-corrected chi connectivity index (χ0v) is 12.2. The summed E-state index contributed by atoms with van der Waals surface area (Å²) in [5.41, 5.74) is 1.50. The molecule has 1 N–H and O–H groups in total. The minimum absolute atomic E-state index is 0.560. The van der Waals surface area contributed by atoms with Crippen molar-refractivity contribution >= 4 is 23.5 Å². The lowest BCUT2D eigenvalue weighted by Crippen LogP contribution is -2.32. The standard InChI is InChI=1S/C14H21NS2/c1-11(7-9-16-2)15-13-8-10-17-14-6-4-3-5-12(13)14/h3-6,11,13,15H,7-10H2,1-2H3.